The monoisotopic (exact) mass is 323 g/mol. The number of carbonyl (C=O) groups is 1. The Hall–Kier alpha value is -1.30. The van der Waals surface area contributed by atoms with Crippen LogP contribution in [0.15, 0.2) is 4.99 Å². The summed E-state index contributed by atoms with van der Waals surface area (Å²) in [6.07, 6.45) is 6.50. The van der Waals surface area contributed by atoms with Gasteiger partial charge in [-0.15, -0.1) is 0 Å². The smallest absolute Gasteiger partial charge is 0.217 e. The van der Waals surface area contributed by atoms with Gasteiger partial charge in [0.15, 0.2) is 5.96 Å². The summed E-state index contributed by atoms with van der Waals surface area (Å²) in [5.74, 6) is 1.18. The number of carbonyl (C=O) groups excluding carboxylic acids is 1. The highest BCUT2D eigenvalue weighted by Crippen LogP contribution is 2.19. The van der Waals surface area contributed by atoms with Crippen molar-refractivity contribution in [1.82, 2.24) is 15.1 Å². The number of hydrogen-bond acceptors (Lipinski definition) is 3. The summed E-state index contributed by atoms with van der Waals surface area (Å²) in [5, 5.41) is 3.40. The maximum atomic E-state index is 11.2. The zero-order valence-electron chi connectivity index (χ0n) is 14.6. The van der Waals surface area contributed by atoms with Crippen LogP contribution >= 0.6 is 0 Å². The van der Waals surface area contributed by atoms with Gasteiger partial charge in [-0.3, -0.25) is 9.79 Å². The number of aliphatic imine (C=N–C) groups is 1. The molecule has 2 fully saturated rings. The predicted molar refractivity (Wildman–Crippen MR) is 94.4 cm³/mol. The van der Waals surface area contributed by atoms with Gasteiger partial charge in [0.05, 0.1) is 0 Å². The van der Waals surface area contributed by atoms with Crippen LogP contribution in [0.3, 0.4) is 0 Å². The van der Waals surface area contributed by atoms with Crippen molar-refractivity contribution in [1.29, 1.82) is 0 Å². The van der Waals surface area contributed by atoms with Crippen LogP contribution < -0.4 is 11.1 Å². The first kappa shape index (κ1) is 18.0. The normalized spacial score (nSPS) is 23.3. The standard InChI is InChI=1S/C17H33N5O/c1-2-19-17(20-8-6-11-21-9-3-4-10-21)22-12-5-7-15(14-22)13-16(18)23/h15H,2-14H2,1H3,(H2,18,23)(H,19,20). The molecule has 0 spiro atoms. The molecular formula is C17H33N5O. The average Bonchev–Trinajstić information content (AvgIpc) is 3.03. The Kier molecular flexibility index (Phi) is 7.65. The average molecular weight is 323 g/mol. The second-order valence-corrected chi connectivity index (χ2v) is 6.76. The summed E-state index contributed by atoms with van der Waals surface area (Å²) in [6, 6.07) is 0. The highest BCUT2D eigenvalue weighted by molar-refractivity contribution is 5.80. The fourth-order valence-electron chi connectivity index (χ4n) is 3.62. The third kappa shape index (κ3) is 6.37. The Morgan fingerprint density at radius 1 is 1.26 bits per heavy atom. The van der Waals surface area contributed by atoms with Crippen LogP contribution in [-0.2, 0) is 4.79 Å². The number of likely N-dealkylation sites (tertiary alicyclic amines) is 2. The topological polar surface area (TPSA) is 74.0 Å². The number of nitrogens with zero attached hydrogens (tertiary/aromatic N) is 3. The fourth-order valence-corrected chi connectivity index (χ4v) is 3.62. The second kappa shape index (κ2) is 9.75. The first-order valence-corrected chi connectivity index (χ1v) is 9.23. The summed E-state index contributed by atoms with van der Waals surface area (Å²) >= 11 is 0. The van der Waals surface area contributed by atoms with Crippen molar-refractivity contribution in [3.05, 3.63) is 0 Å². The molecule has 0 bridgehead atoms. The molecule has 0 radical (unpaired) electrons. The van der Waals surface area contributed by atoms with Gasteiger partial charge in [0, 0.05) is 32.6 Å². The lowest BCUT2D eigenvalue weighted by Gasteiger charge is -2.34. The zero-order chi connectivity index (χ0) is 16.5. The second-order valence-electron chi connectivity index (χ2n) is 6.76. The number of hydrogen-bond donors (Lipinski definition) is 2. The van der Waals surface area contributed by atoms with E-state index in [0.29, 0.717) is 12.3 Å². The van der Waals surface area contributed by atoms with E-state index in [2.05, 4.69) is 22.0 Å². The molecule has 2 rings (SSSR count). The predicted octanol–water partition coefficient (Wildman–Crippen LogP) is 1.03. The van der Waals surface area contributed by atoms with E-state index in [1.807, 2.05) is 0 Å². The molecular weight excluding hydrogens is 290 g/mol. The molecule has 2 saturated heterocycles. The van der Waals surface area contributed by atoms with Gasteiger partial charge in [-0.25, -0.2) is 0 Å². The van der Waals surface area contributed by atoms with Crippen molar-refractivity contribution >= 4 is 11.9 Å². The third-order valence-electron chi connectivity index (χ3n) is 4.74. The number of rotatable bonds is 7. The molecule has 1 atom stereocenters. The Morgan fingerprint density at radius 3 is 2.74 bits per heavy atom. The van der Waals surface area contributed by atoms with Crippen molar-refractivity contribution in [2.24, 2.45) is 16.6 Å². The van der Waals surface area contributed by atoms with Gasteiger partial charge >= 0.3 is 0 Å². The van der Waals surface area contributed by atoms with E-state index in [4.69, 9.17) is 10.7 Å². The SMILES string of the molecule is CCNC(=NCCCN1CCCC1)N1CCCC(CC(N)=O)C1. The Labute approximate surface area is 140 Å². The van der Waals surface area contributed by atoms with Gasteiger partial charge in [0.1, 0.15) is 0 Å². The lowest BCUT2D eigenvalue weighted by molar-refractivity contribution is -0.119. The van der Waals surface area contributed by atoms with Gasteiger partial charge in [-0.1, -0.05) is 0 Å². The van der Waals surface area contributed by atoms with E-state index in [0.717, 1.165) is 57.9 Å². The molecule has 0 aliphatic carbocycles. The minimum atomic E-state index is -0.190. The van der Waals surface area contributed by atoms with Crippen LogP contribution in [0, 0.1) is 5.92 Å². The molecule has 1 amide bonds. The lowest BCUT2D eigenvalue weighted by atomic mass is 9.95. The number of guanidine groups is 1. The summed E-state index contributed by atoms with van der Waals surface area (Å²) in [7, 11) is 0. The molecule has 3 N–H and O–H groups in total. The minimum absolute atomic E-state index is 0.190. The minimum Gasteiger partial charge on any atom is -0.370 e. The lowest BCUT2D eigenvalue weighted by Crippen LogP contribution is -2.47. The Bertz CT molecular complexity index is 392. The third-order valence-corrected chi connectivity index (χ3v) is 4.74. The maximum Gasteiger partial charge on any atom is 0.217 e. The van der Waals surface area contributed by atoms with Crippen molar-refractivity contribution in [2.45, 2.75) is 45.4 Å². The summed E-state index contributed by atoms with van der Waals surface area (Å²) in [5.41, 5.74) is 5.35. The molecule has 132 valence electrons. The van der Waals surface area contributed by atoms with E-state index in [9.17, 15) is 4.79 Å². The van der Waals surface area contributed by atoms with Crippen molar-refractivity contribution in [3.8, 4) is 0 Å². The fraction of sp³-hybridized carbons (Fsp3) is 0.882. The van der Waals surface area contributed by atoms with Gasteiger partial charge in [-0.05, 0) is 64.6 Å². The molecule has 23 heavy (non-hydrogen) atoms. The molecule has 0 aromatic carbocycles. The number of nitrogens with one attached hydrogen (secondary N) is 1. The molecule has 0 aromatic rings. The van der Waals surface area contributed by atoms with Crippen molar-refractivity contribution in [2.75, 3.05) is 45.8 Å². The number of amides is 1. The number of primary amides is 1. The molecule has 6 nitrogen and oxygen atoms in total. The summed E-state index contributed by atoms with van der Waals surface area (Å²) in [4.78, 5) is 20.8. The van der Waals surface area contributed by atoms with Crippen LogP contribution in [0.1, 0.15) is 45.4 Å². The van der Waals surface area contributed by atoms with Crippen LogP contribution in [0.5, 0.6) is 0 Å². The number of piperidine rings is 1. The van der Waals surface area contributed by atoms with E-state index in [1.54, 1.807) is 0 Å². The van der Waals surface area contributed by atoms with Crippen LogP contribution in [-0.4, -0.2) is 67.5 Å². The summed E-state index contributed by atoms with van der Waals surface area (Å²) < 4.78 is 0. The van der Waals surface area contributed by atoms with Gasteiger partial charge < -0.3 is 20.9 Å². The molecule has 2 heterocycles. The van der Waals surface area contributed by atoms with Gasteiger partial charge in [0.25, 0.3) is 0 Å². The molecule has 0 aromatic heterocycles. The number of nitrogens with two attached hydrogens (primary N) is 1. The Balaban J connectivity index is 1.80. The molecule has 6 heteroatoms. The van der Waals surface area contributed by atoms with E-state index in [-0.39, 0.29) is 5.91 Å². The van der Waals surface area contributed by atoms with E-state index in [1.165, 1.54) is 25.9 Å². The maximum absolute atomic E-state index is 11.2. The van der Waals surface area contributed by atoms with Crippen LogP contribution in [0.4, 0.5) is 0 Å². The molecule has 2 aliphatic rings. The highest BCUT2D eigenvalue weighted by atomic mass is 16.1. The molecule has 1 unspecified atom stereocenters. The zero-order valence-corrected chi connectivity index (χ0v) is 14.6. The first-order chi connectivity index (χ1) is 11.2. The van der Waals surface area contributed by atoms with Crippen LogP contribution in [0.25, 0.3) is 0 Å². The van der Waals surface area contributed by atoms with Gasteiger partial charge in [-0.2, -0.15) is 0 Å². The largest absolute Gasteiger partial charge is 0.370 e. The van der Waals surface area contributed by atoms with E-state index >= 15 is 0 Å². The van der Waals surface area contributed by atoms with Gasteiger partial charge in [0.2, 0.25) is 5.91 Å². The van der Waals surface area contributed by atoms with Crippen LogP contribution in [0.2, 0.25) is 0 Å². The van der Waals surface area contributed by atoms with Crippen molar-refractivity contribution < 1.29 is 4.79 Å². The Morgan fingerprint density at radius 2 is 2.04 bits per heavy atom. The highest BCUT2D eigenvalue weighted by Gasteiger charge is 2.23. The van der Waals surface area contributed by atoms with Crippen molar-refractivity contribution in [3.63, 3.8) is 0 Å². The molecule has 0 saturated carbocycles. The van der Waals surface area contributed by atoms with E-state index < -0.39 is 0 Å². The molecule has 2 aliphatic heterocycles. The quantitative estimate of drug-likeness (QED) is 0.417. The first-order valence-electron chi connectivity index (χ1n) is 9.23. The summed E-state index contributed by atoms with van der Waals surface area (Å²) in [6.45, 7) is 9.43.